The van der Waals surface area contributed by atoms with Gasteiger partial charge in [0.15, 0.2) is 0 Å². The second kappa shape index (κ2) is 6.53. The van der Waals surface area contributed by atoms with Crippen molar-refractivity contribution in [2.24, 2.45) is 0 Å². The lowest BCUT2D eigenvalue weighted by Crippen LogP contribution is -2.30. The Kier molecular flexibility index (Phi) is 4.74. The van der Waals surface area contributed by atoms with Gasteiger partial charge < -0.3 is 10.1 Å². The van der Waals surface area contributed by atoms with Crippen molar-refractivity contribution in [1.82, 2.24) is 9.55 Å². The molecular formula is C14H14BrN3O3. The fourth-order valence-electron chi connectivity index (χ4n) is 1.76. The summed E-state index contributed by atoms with van der Waals surface area (Å²) in [6.07, 6.45) is 1.43. The number of nitrogens with zero attached hydrogens (tertiary/aromatic N) is 2. The van der Waals surface area contributed by atoms with Gasteiger partial charge in [-0.15, -0.1) is 0 Å². The Morgan fingerprint density at radius 1 is 1.38 bits per heavy atom. The van der Waals surface area contributed by atoms with Crippen molar-refractivity contribution in [2.45, 2.75) is 13.5 Å². The standard InChI is InChI=1S/C14H14BrN3O3/c1-9-16-7-12(15)14(20)18(9)8-13(19)17-10-3-5-11(21-2)6-4-10/h3-7H,8H2,1-2H3,(H,17,19). The second-order valence-corrected chi connectivity index (χ2v) is 5.18. The molecule has 0 aliphatic heterocycles. The maximum atomic E-state index is 12.0. The highest BCUT2D eigenvalue weighted by Gasteiger charge is 2.10. The van der Waals surface area contributed by atoms with Crippen LogP contribution in [0.4, 0.5) is 5.69 Å². The number of anilines is 1. The number of hydrogen-bond donors (Lipinski definition) is 1. The average Bonchev–Trinajstić information content (AvgIpc) is 2.48. The number of nitrogens with one attached hydrogen (secondary N) is 1. The van der Waals surface area contributed by atoms with E-state index in [1.165, 1.54) is 10.8 Å². The minimum Gasteiger partial charge on any atom is -0.497 e. The van der Waals surface area contributed by atoms with Crippen LogP contribution in [0.3, 0.4) is 0 Å². The molecule has 1 aromatic heterocycles. The van der Waals surface area contributed by atoms with E-state index in [1.807, 2.05) is 0 Å². The fraction of sp³-hybridized carbons (Fsp3) is 0.214. The molecule has 0 bridgehead atoms. The van der Waals surface area contributed by atoms with Gasteiger partial charge in [0.05, 0.1) is 7.11 Å². The minimum atomic E-state index is -0.301. The summed E-state index contributed by atoms with van der Waals surface area (Å²) in [5.41, 5.74) is 0.349. The zero-order valence-corrected chi connectivity index (χ0v) is 13.2. The number of amides is 1. The van der Waals surface area contributed by atoms with E-state index >= 15 is 0 Å². The maximum absolute atomic E-state index is 12.0. The molecular weight excluding hydrogens is 338 g/mol. The molecule has 7 heteroatoms. The van der Waals surface area contributed by atoms with E-state index in [1.54, 1.807) is 38.3 Å². The molecule has 0 aliphatic rings. The first-order chi connectivity index (χ1) is 10.0. The number of carbonyl (C=O) groups excluding carboxylic acids is 1. The fourth-order valence-corrected chi connectivity index (χ4v) is 2.07. The summed E-state index contributed by atoms with van der Waals surface area (Å²) in [6, 6.07) is 6.94. The molecule has 0 unspecified atom stereocenters. The highest BCUT2D eigenvalue weighted by Crippen LogP contribution is 2.15. The maximum Gasteiger partial charge on any atom is 0.268 e. The van der Waals surface area contributed by atoms with Gasteiger partial charge in [-0.2, -0.15) is 0 Å². The summed E-state index contributed by atoms with van der Waals surface area (Å²) in [4.78, 5) is 28.0. The van der Waals surface area contributed by atoms with E-state index in [-0.39, 0.29) is 18.0 Å². The third-order valence-corrected chi connectivity index (χ3v) is 3.42. The number of aryl methyl sites for hydroxylation is 1. The van der Waals surface area contributed by atoms with E-state index in [4.69, 9.17) is 4.74 Å². The Balaban J connectivity index is 2.11. The Hall–Kier alpha value is -2.15. The summed E-state index contributed by atoms with van der Waals surface area (Å²) in [6.45, 7) is 1.58. The Labute approximate surface area is 129 Å². The summed E-state index contributed by atoms with van der Waals surface area (Å²) >= 11 is 3.11. The highest BCUT2D eigenvalue weighted by molar-refractivity contribution is 9.10. The molecule has 0 saturated carbocycles. The molecule has 21 heavy (non-hydrogen) atoms. The van der Waals surface area contributed by atoms with Gasteiger partial charge in [-0.25, -0.2) is 4.98 Å². The molecule has 2 rings (SSSR count). The predicted octanol–water partition coefficient (Wildman–Crippen LogP) is 1.96. The van der Waals surface area contributed by atoms with Crippen LogP contribution < -0.4 is 15.6 Å². The first-order valence-electron chi connectivity index (χ1n) is 6.17. The molecule has 1 aromatic carbocycles. The van der Waals surface area contributed by atoms with Gasteiger partial charge in [-0.05, 0) is 47.1 Å². The van der Waals surface area contributed by atoms with E-state index < -0.39 is 0 Å². The van der Waals surface area contributed by atoms with Gasteiger partial charge in [-0.3, -0.25) is 14.2 Å². The molecule has 0 fully saturated rings. The quantitative estimate of drug-likeness (QED) is 0.913. The van der Waals surface area contributed by atoms with Crippen LogP contribution in [0.2, 0.25) is 0 Å². The van der Waals surface area contributed by atoms with E-state index in [9.17, 15) is 9.59 Å². The predicted molar refractivity (Wildman–Crippen MR) is 82.6 cm³/mol. The smallest absolute Gasteiger partial charge is 0.268 e. The monoisotopic (exact) mass is 351 g/mol. The molecule has 0 radical (unpaired) electrons. The number of halogens is 1. The summed E-state index contributed by atoms with van der Waals surface area (Å²) < 4.78 is 6.68. The number of hydrogen-bond acceptors (Lipinski definition) is 4. The number of rotatable bonds is 4. The van der Waals surface area contributed by atoms with Gasteiger partial charge >= 0.3 is 0 Å². The van der Waals surface area contributed by atoms with Gasteiger partial charge in [0.2, 0.25) is 5.91 Å². The van der Waals surface area contributed by atoms with Gasteiger partial charge in [0, 0.05) is 11.9 Å². The van der Waals surface area contributed by atoms with E-state index in [2.05, 4.69) is 26.2 Å². The van der Waals surface area contributed by atoms with E-state index in [0.717, 1.165) is 0 Å². The van der Waals surface area contributed by atoms with Crippen LogP contribution in [-0.4, -0.2) is 22.6 Å². The van der Waals surface area contributed by atoms with Crippen molar-refractivity contribution in [1.29, 1.82) is 0 Å². The Morgan fingerprint density at radius 2 is 2.05 bits per heavy atom. The van der Waals surface area contributed by atoms with Crippen molar-refractivity contribution in [2.75, 3.05) is 12.4 Å². The number of methoxy groups -OCH3 is 1. The van der Waals surface area contributed by atoms with Crippen molar-refractivity contribution in [3.05, 3.63) is 51.1 Å². The lowest BCUT2D eigenvalue weighted by atomic mass is 10.3. The third-order valence-electron chi connectivity index (χ3n) is 2.88. The van der Waals surface area contributed by atoms with Gasteiger partial charge in [-0.1, -0.05) is 0 Å². The topological polar surface area (TPSA) is 73.2 Å². The molecule has 2 aromatic rings. The van der Waals surface area contributed by atoms with Crippen molar-refractivity contribution in [3.63, 3.8) is 0 Å². The summed E-state index contributed by atoms with van der Waals surface area (Å²) in [5, 5.41) is 2.72. The minimum absolute atomic E-state index is 0.0941. The zero-order valence-electron chi connectivity index (χ0n) is 11.6. The lowest BCUT2D eigenvalue weighted by molar-refractivity contribution is -0.116. The SMILES string of the molecule is COc1ccc(NC(=O)Cn2c(C)ncc(Br)c2=O)cc1. The van der Waals surface area contributed by atoms with Crippen LogP contribution >= 0.6 is 15.9 Å². The average molecular weight is 352 g/mol. The molecule has 6 nitrogen and oxygen atoms in total. The molecule has 1 amide bonds. The Morgan fingerprint density at radius 3 is 2.67 bits per heavy atom. The number of benzene rings is 1. The molecule has 110 valence electrons. The second-order valence-electron chi connectivity index (χ2n) is 4.32. The highest BCUT2D eigenvalue weighted by atomic mass is 79.9. The van der Waals surface area contributed by atoms with Gasteiger partial charge in [0.25, 0.3) is 5.56 Å². The lowest BCUT2D eigenvalue weighted by Gasteiger charge is -2.10. The molecule has 0 atom stereocenters. The Bertz CT molecular complexity index is 710. The molecule has 0 spiro atoms. The molecule has 1 heterocycles. The number of aromatic nitrogens is 2. The van der Waals surface area contributed by atoms with Crippen LogP contribution in [-0.2, 0) is 11.3 Å². The normalized spacial score (nSPS) is 10.2. The number of carbonyl (C=O) groups is 1. The first-order valence-corrected chi connectivity index (χ1v) is 6.96. The molecule has 0 aliphatic carbocycles. The number of ether oxygens (including phenoxy) is 1. The van der Waals surface area contributed by atoms with Crippen molar-refractivity contribution < 1.29 is 9.53 Å². The van der Waals surface area contributed by atoms with Gasteiger partial charge in [0.1, 0.15) is 22.6 Å². The van der Waals surface area contributed by atoms with Crippen molar-refractivity contribution in [3.8, 4) is 5.75 Å². The first kappa shape index (κ1) is 15.2. The zero-order chi connectivity index (χ0) is 15.4. The van der Waals surface area contributed by atoms with Crippen LogP contribution in [0.25, 0.3) is 0 Å². The van der Waals surface area contributed by atoms with Crippen LogP contribution in [0.5, 0.6) is 5.75 Å². The van der Waals surface area contributed by atoms with Crippen LogP contribution in [0, 0.1) is 6.92 Å². The van der Waals surface area contributed by atoms with Crippen LogP contribution in [0.15, 0.2) is 39.7 Å². The summed E-state index contributed by atoms with van der Waals surface area (Å²) in [7, 11) is 1.57. The molecule has 1 N–H and O–H groups in total. The molecule has 0 saturated heterocycles. The largest absolute Gasteiger partial charge is 0.497 e. The third kappa shape index (κ3) is 3.69. The van der Waals surface area contributed by atoms with Crippen LogP contribution in [0.1, 0.15) is 5.82 Å². The van der Waals surface area contributed by atoms with E-state index in [0.29, 0.717) is 21.7 Å². The van der Waals surface area contributed by atoms with Crippen molar-refractivity contribution >= 4 is 27.5 Å². The summed E-state index contributed by atoms with van der Waals surface area (Å²) in [5.74, 6) is 0.884.